The summed E-state index contributed by atoms with van der Waals surface area (Å²) < 4.78 is 20.5. The number of nitrogens with two attached hydrogens (primary N) is 1. The van der Waals surface area contributed by atoms with Crippen molar-refractivity contribution in [2.75, 3.05) is 12.3 Å². The molecule has 0 aliphatic rings. The predicted molar refractivity (Wildman–Crippen MR) is 89.1 cm³/mol. The van der Waals surface area contributed by atoms with Gasteiger partial charge in [-0.15, -0.1) is 0 Å². The molecule has 0 atom stereocenters. The van der Waals surface area contributed by atoms with Crippen LogP contribution in [0.15, 0.2) is 59.4 Å². The number of rotatable bonds is 5. The van der Waals surface area contributed by atoms with Gasteiger partial charge in [0.05, 0.1) is 12.1 Å². The summed E-state index contributed by atoms with van der Waals surface area (Å²) in [6.45, 7) is 0.991. The van der Waals surface area contributed by atoms with E-state index in [9.17, 15) is 9.18 Å². The van der Waals surface area contributed by atoms with E-state index in [-0.39, 0.29) is 11.4 Å². The van der Waals surface area contributed by atoms with E-state index in [2.05, 4.69) is 0 Å². The van der Waals surface area contributed by atoms with Gasteiger partial charge in [0.1, 0.15) is 11.6 Å². The molecular formula is C18H17FN2O2. The molecule has 2 N–H and O–H groups in total. The molecule has 3 aromatic rings. The third kappa shape index (κ3) is 3.51. The normalized spacial score (nSPS) is 10.8. The van der Waals surface area contributed by atoms with Crippen molar-refractivity contribution in [2.45, 2.75) is 13.0 Å². The summed E-state index contributed by atoms with van der Waals surface area (Å²) in [6.07, 6.45) is 0.667. The first-order valence-electron chi connectivity index (χ1n) is 7.41. The van der Waals surface area contributed by atoms with Gasteiger partial charge < -0.3 is 15.0 Å². The number of aryl methyl sites for hydroxylation is 1. The van der Waals surface area contributed by atoms with Gasteiger partial charge >= 0.3 is 0 Å². The predicted octanol–water partition coefficient (Wildman–Crippen LogP) is 3.19. The van der Waals surface area contributed by atoms with E-state index in [0.717, 1.165) is 11.3 Å². The van der Waals surface area contributed by atoms with E-state index in [0.29, 0.717) is 30.6 Å². The number of nitrogen functional groups attached to an aromatic ring is 1. The van der Waals surface area contributed by atoms with E-state index in [1.807, 2.05) is 12.1 Å². The Labute approximate surface area is 132 Å². The number of anilines is 1. The molecule has 0 amide bonds. The number of pyridine rings is 1. The summed E-state index contributed by atoms with van der Waals surface area (Å²) in [7, 11) is 0. The molecule has 1 heterocycles. The molecule has 4 nitrogen and oxygen atoms in total. The van der Waals surface area contributed by atoms with Crippen LogP contribution in [0.5, 0.6) is 5.75 Å². The third-order valence-corrected chi connectivity index (χ3v) is 3.63. The maximum absolute atomic E-state index is 13.3. The van der Waals surface area contributed by atoms with Gasteiger partial charge in [-0.25, -0.2) is 4.39 Å². The Morgan fingerprint density at radius 2 is 1.83 bits per heavy atom. The molecule has 5 heteroatoms. The lowest BCUT2D eigenvalue weighted by atomic mass is 10.2. The average molecular weight is 312 g/mol. The van der Waals surface area contributed by atoms with Crippen molar-refractivity contribution >= 4 is 16.6 Å². The van der Waals surface area contributed by atoms with Gasteiger partial charge in [0.15, 0.2) is 0 Å². The molecule has 0 aliphatic carbocycles. The van der Waals surface area contributed by atoms with Crippen LogP contribution in [0.4, 0.5) is 10.1 Å². The second-order valence-corrected chi connectivity index (χ2v) is 5.30. The lowest BCUT2D eigenvalue weighted by Crippen LogP contribution is -2.20. The third-order valence-electron chi connectivity index (χ3n) is 3.63. The van der Waals surface area contributed by atoms with Crippen LogP contribution in [0.2, 0.25) is 0 Å². The standard InChI is InChI=1S/C18H17FN2O2/c19-14-3-8-17-13(12-14)2-9-18(22)21(17)10-1-11-23-16-6-4-15(20)5-7-16/h2-9,12H,1,10-11,20H2. The largest absolute Gasteiger partial charge is 0.494 e. The average Bonchev–Trinajstić information content (AvgIpc) is 2.55. The molecule has 0 spiro atoms. The van der Waals surface area contributed by atoms with Crippen LogP contribution in [0.3, 0.4) is 0 Å². The quantitative estimate of drug-likeness (QED) is 0.581. The summed E-state index contributed by atoms with van der Waals surface area (Å²) in [4.78, 5) is 12.0. The molecule has 118 valence electrons. The van der Waals surface area contributed by atoms with Gasteiger partial charge in [0.2, 0.25) is 0 Å². The molecule has 0 bridgehead atoms. The molecule has 23 heavy (non-hydrogen) atoms. The second kappa shape index (κ2) is 6.52. The Bertz CT molecular complexity index is 872. The SMILES string of the molecule is Nc1ccc(OCCCn2c(=O)ccc3cc(F)ccc32)cc1. The zero-order chi connectivity index (χ0) is 16.2. The molecule has 0 aliphatic heterocycles. The van der Waals surface area contributed by atoms with E-state index >= 15 is 0 Å². The first kappa shape index (κ1) is 15.1. The van der Waals surface area contributed by atoms with Gasteiger partial charge in [0, 0.05) is 23.7 Å². The molecular weight excluding hydrogens is 295 g/mol. The number of nitrogens with zero attached hydrogens (tertiary/aromatic N) is 1. The second-order valence-electron chi connectivity index (χ2n) is 5.30. The van der Waals surface area contributed by atoms with Crippen molar-refractivity contribution in [1.29, 1.82) is 0 Å². The minimum atomic E-state index is -0.311. The zero-order valence-corrected chi connectivity index (χ0v) is 12.5. The molecule has 0 fully saturated rings. The zero-order valence-electron chi connectivity index (χ0n) is 12.5. The van der Waals surface area contributed by atoms with Crippen LogP contribution in [0, 0.1) is 5.82 Å². The van der Waals surface area contributed by atoms with Gasteiger partial charge in [-0.2, -0.15) is 0 Å². The van der Waals surface area contributed by atoms with Crippen molar-refractivity contribution in [3.8, 4) is 5.75 Å². The minimum Gasteiger partial charge on any atom is -0.494 e. The van der Waals surface area contributed by atoms with Crippen LogP contribution in [-0.4, -0.2) is 11.2 Å². The number of hydrogen-bond acceptors (Lipinski definition) is 3. The molecule has 0 unspecified atom stereocenters. The summed E-state index contributed by atoms with van der Waals surface area (Å²) in [5, 5.41) is 0.712. The van der Waals surface area contributed by atoms with E-state index < -0.39 is 0 Å². The number of aromatic nitrogens is 1. The highest BCUT2D eigenvalue weighted by molar-refractivity contribution is 5.78. The van der Waals surface area contributed by atoms with Crippen LogP contribution in [0.25, 0.3) is 10.9 Å². The molecule has 1 aromatic heterocycles. The molecule has 2 aromatic carbocycles. The summed E-state index contributed by atoms with van der Waals surface area (Å²) in [5.41, 5.74) is 6.93. The summed E-state index contributed by atoms with van der Waals surface area (Å²) in [5.74, 6) is 0.431. The fraction of sp³-hybridized carbons (Fsp3) is 0.167. The number of benzene rings is 2. The Hall–Kier alpha value is -2.82. The fourth-order valence-electron chi connectivity index (χ4n) is 2.48. The summed E-state index contributed by atoms with van der Waals surface area (Å²) in [6, 6.07) is 14.7. The Kier molecular flexibility index (Phi) is 4.28. The highest BCUT2D eigenvalue weighted by atomic mass is 19.1. The Balaban J connectivity index is 1.68. The monoisotopic (exact) mass is 312 g/mol. The molecule has 0 saturated heterocycles. The first-order valence-corrected chi connectivity index (χ1v) is 7.41. The molecule has 0 radical (unpaired) electrons. The van der Waals surface area contributed by atoms with E-state index in [1.165, 1.54) is 18.2 Å². The minimum absolute atomic E-state index is 0.100. The van der Waals surface area contributed by atoms with Gasteiger partial charge in [-0.1, -0.05) is 0 Å². The number of ether oxygens (including phenoxy) is 1. The summed E-state index contributed by atoms with van der Waals surface area (Å²) >= 11 is 0. The van der Waals surface area contributed by atoms with E-state index in [4.69, 9.17) is 10.5 Å². The topological polar surface area (TPSA) is 57.2 Å². The molecule has 3 rings (SSSR count). The van der Waals surface area contributed by atoms with Gasteiger partial charge in [-0.3, -0.25) is 4.79 Å². The maximum atomic E-state index is 13.3. The van der Waals surface area contributed by atoms with Crippen molar-refractivity contribution in [3.05, 3.63) is 70.8 Å². The number of hydrogen-bond donors (Lipinski definition) is 1. The highest BCUT2D eigenvalue weighted by Crippen LogP contribution is 2.15. The van der Waals surface area contributed by atoms with Crippen LogP contribution >= 0.6 is 0 Å². The van der Waals surface area contributed by atoms with Crippen molar-refractivity contribution < 1.29 is 9.13 Å². The van der Waals surface area contributed by atoms with Gasteiger partial charge in [0.25, 0.3) is 5.56 Å². The number of fused-ring (bicyclic) bond motifs is 1. The van der Waals surface area contributed by atoms with Crippen LogP contribution < -0.4 is 16.0 Å². The highest BCUT2D eigenvalue weighted by Gasteiger charge is 2.04. The van der Waals surface area contributed by atoms with Crippen molar-refractivity contribution in [1.82, 2.24) is 4.57 Å². The Morgan fingerprint density at radius 3 is 2.61 bits per heavy atom. The van der Waals surface area contributed by atoms with Crippen molar-refractivity contribution in [3.63, 3.8) is 0 Å². The number of halogens is 1. The van der Waals surface area contributed by atoms with Crippen molar-refractivity contribution in [2.24, 2.45) is 0 Å². The fourth-order valence-corrected chi connectivity index (χ4v) is 2.48. The lowest BCUT2D eigenvalue weighted by molar-refractivity contribution is 0.302. The van der Waals surface area contributed by atoms with Gasteiger partial charge in [-0.05, 0) is 55.0 Å². The lowest BCUT2D eigenvalue weighted by Gasteiger charge is -2.11. The Morgan fingerprint density at radius 1 is 1.04 bits per heavy atom. The smallest absolute Gasteiger partial charge is 0.251 e. The molecule has 0 saturated carbocycles. The first-order chi connectivity index (χ1) is 11.1. The van der Waals surface area contributed by atoms with E-state index in [1.54, 1.807) is 28.8 Å². The maximum Gasteiger partial charge on any atom is 0.251 e. The van der Waals surface area contributed by atoms with Crippen LogP contribution in [-0.2, 0) is 6.54 Å². The van der Waals surface area contributed by atoms with Crippen LogP contribution in [0.1, 0.15) is 6.42 Å².